The zero-order valence-corrected chi connectivity index (χ0v) is 10.7. The second-order valence-corrected chi connectivity index (χ2v) is 4.38. The van der Waals surface area contributed by atoms with Gasteiger partial charge in [-0.05, 0) is 17.2 Å². The second kappa shape index (κ2) is 5.56. The Bertz CT molecular complexity index is 571. The largest absolute Gasteiger partial charge is 0.467 e. The highest BCUT2D eigenvalue weighted by Crippen LogP contribution is 2.22. The lowest BCUT2D eigenvalue weighted by Gasteiger charge is -2.15. The van der Waals surface area contributed by atoms with Gasteiger partial charge in [0.15, 0.2) is 0 Å². The Balaban J connectivity index is 2.30. The number of carbonyl (C=O) groups is 2. The van der Waals surface area contributed by atoms with Gasteiger partial charge in [0.1, 0.15) is 6.04 Å². The summed E-state index contributed by atoms with van der Waals surface area (Å²) in [6.07, 6.45) is 4.23. The zero-order chi connectivity index (χ0) is 13.8. The minimum atomic E-state index is -0.523. The van der Waals surface area contributed by atoms with E-state index in [1.807, 2.05) is 36.7 Å². The molecule has 0 aliphatic heterocycles. The van der Waals surface area contributed by atoms with E-state index >= 15 is 0 Å². The molecule has 0 radical (unpaired) electrons. The molecule has 1 aromatic carbocycles. The molecule has 2 N–H and O–H groups in total. The van der Waals surface area contributed by atoms with Crippen LogP contribution in [0.4, 0.5) is 0 Å². The summed E-state index contributed by atoms with van der Waals surface area (Å²) in [4.78, 5) is 22.7. The van der Waals surface area contributed by atoms with E-state index in [9.17, 15) is 9.59 Å². The van der Waals surface area contributed by atoms with Crippen LogP contribution in [-0.2, 0) is 14.3 Å². The first-order valence-electron chi connectivity index (χ1n) is 6.04. The summed E-state index contributed by atoms with van der Waals surface area (Å²) in [7, 11) is 1.34. The molecule has 0 bridgehead atoms. The van der Waals surface area contributed by atoms with Gasteiger partial charge in [-0.15, -0.1) is 0 Å². The van der Waals surface area contributed by atoms with Gasteiger partial charge in [0.25, 0.3) is 0 Å². The molecule has 1 aromatic heterocycles. The standard InChI is InChI=1S/C14H16N2O3/c1-19-14(18)12(6-7-13(15)17)16-8-10-4-2-3-5-11(10)9-16/h2-5,8-9,12H,6-7H2,1H3,(H2,15,17). The van der Waals surface area contributed by atoms with Crippen molar-refractivity contribution >= 4 is 22.6 Å². The summed E-state index contributed by atoms with van der Waals surface area (Å²) in [5.74, 6) is -0.799. The number of hydrogen-bond acceptors (Lipinski definition) is 3. The highest BCUT2D eigenvalue weighted by Gasteiger charge is 2.21. The van der Waals surface area contributed by atoms with Crippen LogP contribution < -0.4 is 5.73 Å². The van der Waals surface area contributed by atoms with Crippen LogP contribution in [0.1, 0.15) is 18.9 Å². The van der Waals surface area contributed by atoms with Crippen molar-refractivity contribution in [1.82, 2.24) is 4.57 Å². The Morgan fingerprint density at radius 1 is 1.26 bits per heavy atom. The lowest BCUT2D eigenvalue weighted by Crippen LogP contribution is -2.22. The van der Waals surface area contributed by atoms with Gasteiger partial charge in [-0.1, -0.05) is 24.3 Å². The molecule has 5 heteroatoms. The van der Waals surface area contributed by atoms with Crippen molar-refractivity contribution < 1.29 is 14.3 Å². The van der Waals surface area contributed by atoms with E-state index in [0.717, 1.165) is 10.8 Å². The molecule has 2 aromatic rings. The van der Waals surface area contributed by atoms with Crippen molar-refractivity contribution in [3.05, 3.63) is 36.7 Å². The third-order valence-electron chi connectivity index (χ3n) is 3.07. The number of hydrogen-bond donors (Lipinski definition) is 1. The van der Waals surface area contributed by atoms with Crippen molar-refractivity contribution in [1.29, 1.82) is 0 Å². The molecule has 0 saturated carbocycles. The zero-order valence-electron chi connectivity index (χ0n) is 10.7. The van der Waals surface area contributed by atoms with Gasteiger partial charge in [-0.2, -0.15) is 0 Å². The van der Waals surface area contributed by atoms with Crippen LogP contribution in [0.2, 0.25) is 0 Å². The fraction of sp³-hybridized carbons (Fsp3) is 0.286. The Kier molecular flexibility index (Phi) is 3.85. The Hall–Kier alpha value is -2.30. The van der Waals surface area contributed by atoms with Crippen LogP contribution in [-0.4, -0.2) is 23.6 Å². The van der Waals surface area contributed by atoms with E-state index in [1.165, 1.54) is 7.11 Å². The molecule has 1 amide bonds. The number of rotatable bonds is 5. The van der Waals surface area contributed by atoms with Crippen LogP contribution in [0.25, 0.3) is 10.8 Å². The molecule has 19 heavy (non-hydrogen) atoms. The summed E-state index contributed by atoms with van der Waals surface area (Å²) in [6.45, 7) is 0. The second-order valence-electron chi connectivity index (χ2n) is 4.38. The van der Waals surface area contributed by atoms with Gasteiger partial charge in [0.2, 0.25) is 5.91 Å². The van der Waals surface area contributed by atoms with Crippen molar-refractivity contribution in [3.63, 3.8) is 0 Å². The van der Waals surface area contributed by atoms with Crippen LogP contribution in [0.3, 0.4) is 0 Å². The first-order chi connectivity index (χ1) is 9.11. The van der Waals surface area contributed by atoms with E-state index in [1.54, 1.807) is 4.57 Å². The number of fused-ring (bicyclic) bond motifs is 1. The summed E-state index contributed by atoms with van der Waals surface area (Å²) < 4.78 is 6.56. The monoisotopic (exact) mass is 260 g/mol. The molecular formula is C14H16N2O3. The highest BCUT2D eigenvalue weighted by molar-refractivity contribution is 5.84. The molecule has 5 nitrogen and oxygen atoms in total. The topological polar surface area (TPSA) is 74.3 Å². The molecule has 2 rings (SSSR count). The number of carbonyl (C=O) groups excluding carboxylic acids is 2. The van der Waals surface area contributed by atoms with Crippen molar-refractivity contribution in [2.45, 2.75) is 18.9 Å². The summed E-state index contributed by atoms with van der Waals surface area (Å²) >= 11 is 0. The number of methoxy groups -OCH3 is 1. The number of primary amides is 1. The van der Waals surface area contributed by atoms with Crippen LogP contribution in [0, 0.1) is 0 Å². The van der Waals surface area contributed by atoms with Gasteiger partial charge in [0.05, 0.1) is 7.11 Å². The third-order valence-corrected chi connectivity index (χ3v) is 3.07. The van der Waals surface area contributed by atoms with Gasteiger partial charge in [-0.3, -0.25) is 4.79 Å². The smallest absolute Gasteiger partial charge is 0.328 e. The average molecular weight is 260 g/mol. The summed E-state index contributed by atoms with van der Waals surface area (Å²) in [6, 6.07) is 7.28. The number of nitrogens with zero attached hydrogens (tertiary/aromatic N) is 1. The van der Waals surface area contributed by atoms with Gasteiger partial charge >= 0.3 is 5.97 Å². The van der Waals surface area contributed by atoms with Crippen molar-refractivity contribution in [3.8, 4) is 0 Å². The number of amides is 1. The van der Waals surface area contributed by atoms with Crippen LogP contribution in [0.5, 0.6) is 0 Å². The summed E-state index contributed by atoms with van der Waals surface area (Å²) in [5.41, 5.74) is 5.14. The number of ether oxygens (including phenoxy) is 1. The number of nitrogens with two attached hydrogens (primary N) is 1. The van der Waals surface area contributed by atoms with Crippen molar-refractivity contribution in [2.24, 2.45) is 5.73 Å². The maximum atomic E-state index is 11.8. The molecule has 0 spiro atoms. The Labute approximate surface area is 110 Å². The predicted octanol–water partition coefficient (Wildman–Crippen LogP) is 1.62. The minimum Gasteiger partial charge on any atom is -0.467 e. The Morgan fingerprint density at radius 3 is 2.32 bits per heavy atom. The maximum absolute atomic E-state index is 11.8. The molecule has 1 heterocycles. The first-order valence-corrected chi connectivity index (χ1v) is 6.04. The highest BCUT2D eigenvalue weighted by atomic mass is 16.5. The quantitative estimate of drug-likeness (QED) is 0.830. The Morgan fingerprint density at radius 2 is 1.84 bits per heavy atom. The minimum absolute atomic E-state index is 0.147. The lowest BCUT2D eigenvalue weighted by atomic mass is 10.1. The SMILES string of the molecule is COC(=O)C(CCC(N)=O)n1cc2ccccc2c1. The fourth-order valence-electron chi connectivity index (χ4n) is 2.09. The van der Waals surface area contributed by atoms with Crippen LogP contribution >= 0.6 is 0 Å². The number of benzene rings is 1. The van der Waals surface area contributed by atoms with E-state index in [0.29, 0.717) is 6.42 Å². The molecule has 0 aliphatic carbocycles. The molecule has 0 saturated heterocycles. The van der Waals surface area contributed by atoms with Crippen LogP contribution in [0.15, 0.2) is 36.7 Å². The van der Waals surface area contributed by atoms with E-state index < -0.39 is 11.9 Å². The number of aromatic nitrogens is 1. The lowest BCUT2D eigenvalue weighted by molar-refractivity contribution is -0.144. The van der Waals surface area contributed by atoms with Gasteiger partial charge < -0.3 is 15.0 Å². The third kappa shape index (κ3) is 2.93. The molecule has 100 valence electrons. The molecular weight excluding hydrogens is 244 g/mol. The summed E-state index contributed by atoms with van der Waals surface area (Å²) in [5, 5.41) is 2.07. The van der Waals surface area contributed by atoms with E-state index in [-0.39, 0.29) is 12.4 Å². The van der Waals surface area contributed by atoms with E-state index in [4.69, 9.17) is 10.5 Å². The fourth-order valence-corrected chi connectivity index (χ4v) is 2.09. The van der Waals surface area contributed by atoms with Gasteiger partial charge in [0, 0.05) is 18.8 Å². The number of esters is 1. The molecule has 1 atom stereocenters. The van der Waals surface area contributed by atoms with Crippen molar-refractivity contribution in [2.75, 3.05) is 7.11 Å². The van der Waals surface area contributed by atoms with Gasteiger partial charge in [-0.25, -0.2) is 4.79 Å². The molecule has 0 fully saturated rings. The molecule has 1 unspecified atom stereocenters. The normalized spacial score (nSPS) is 12.3. The molecule has 0 aliphatic rings. The first kappa shape index (κ1) is 13.1. The van der Waals surface area contributed by atoms with E-state index in [2.05, 4.69) is 0 Å². The average Bonchev–Trinajstić information content (AvgIpc) is 2.81. The maximum Gasteiger partial charge on any atom is 0.328 e. The predicted molar refractivity (Wildman–Crippen MR) is 71.4 cm³/mol.